The van der Waals surface area contributed by atoms with Gasteiger partial charge in [-0.05, 0) is 34.0 Å². The highest BCUT2D eigenvalue weighted by Gasteiger charge is 2.17. The van der Waals surface area contributed by atoms with Crippen LogP contribution >= 0.6 is 0 Å². The normalized spacial score (nSPS) is 12.3. The molecule has 0 radical (unpaired) electrons. The van der Waals surface area contributed by atoms with Gasteiger partial charge in [-0.2, -0.15) is 0 Å². The molecule has 1 aromatic heterocycles. The molecule has 7 nitrogen and oxygen atoms in total. The van der Waals surface area contributed by atoms with Crippen LogP contribution in [0.4, 0.5) is 17.3 Å². The Kier molecular flexibility index (Phi) is 5.50. The van der Waals surface area contributed by atoms with E-state index in [-0.39, 0.29) is 11.7 Å². The Morgan fingerprint density at radius 1 is 1.47 bits per heavy atom. The summed E-state index contributed by atoms with van der Waals surface area (Å²) in [6, 6.07) is 3.15. The summed E-state index contributed by atoms with van der Waals surface area (Å²) in [4.78, 5) is 16.8. The van der Waals surface area contributed by atoms with Gasteiger partial charge in [0.2, 0.25) is 5.82 Å². The maximum absolute atomic E-state index is 11.0. The van der Waals surface area contributed by atoms with Crippen molar-refractivity contribution in [1.82, 2.24) is 9.88 Å². The lowest BCUT2D eigenvalue weighted by atomic mass is 10.3. The molecule has 0 bridgehead atoms. The lowest BCUT2D eigenvalue weighted by molar-refractivity contribution is -0.384. The summed E-state index contributed by atoms with van der Waals surface area (Å²) in [6.07, 6.45) is 0. The molecular weight excluding hydrogens is 246 g/mol. The van der Waals surface area contributed by atoms with E-state index in [1.807, 2.05) is 32.8 Å². The highest BCUT2D eigenvalue weighted by molar-refractivity contribution is 5.60. The summed E-state index contributed by atoms with van der Waals surface area (Å²) in [5, 5.41) is 17.1. The van der Waals surface area contributed by atoms with Crippen LogP contribution in [0.25, 0.3) is 0 Å². The number of nitrogens with zero attached hydrogens (tertiary/aromatic N) is 3. The van der Waals surface area contributed by atoms with Crippen LogP contribution in [0, 0.1) is 10.1 Å². The molecule has 19 heavy (non-hydrogen) atoms. The molecule has 1 unspecified atom stereocenters. The third kappa shape index (κ3) is 4.70. The van der Waals surface area contributed by atoms with Gasteiger partial charge in [0.15, 0.2) is 0 Å². The van der Waals surface area contributed by atoms with Crippen LogP contribution in [0.1, 0.15) is 13.8 Å². The number of nitrogens with one attached hydrogen (secondary N) is 2. The first kappa shape index (κ1) is 15.2. The van der Waals surface area contributed by atoms with Gasteiger partial charge in [0.1, 0.15) is 5.82 Å². The summed E-state index contributed by atoms with van der Waals surface area (Å²) < 4.78 is 0. The lowest BCUT2D eigenvalue weighted by Gasteiger charge is -2.19. The largest absolute Gasteiger partial charge is 0.370 e. The van der Waals surface area contributed by atoms with E-state index < -0.39 is 4.92 Å². The third-order valence-electron chi connectivity index (χ3n) is 2.45. The second-order valence-corrected chi connectivity index (χ2v) is 4.66. The molecule has 1 atom stereocenters. The smallest absolute Gasteiger partial charge is 0.311 e. The van der Waals surface area contributed by atoms with Crippen LogP contribution in [-0.2, 0) is 0 Å². The molecule has 0 fully saturated rings. The summed E-state index contributed by atoms with van der Waals surface area (Å²) in [5.74, 6) is 0.936. The minimum Gasteiger partial charge on any atom is -0.370 e. The van der Waals surface area contributed by atoms with Gasteiger partial charge in [0.05, 0.1) is 4.92 Å². The molecule has 1 rings (SSSR count). The molecule has 0 aliphatic rings. The first-order valence-electron chi connectivity index (χ1n) is 6.24. The van der Waals surface area contributed by atoms with Crippen LogP contribution in [0.2, 0.25) is 0 Å². The summed E-state index contributed by atoms with van der Waals surface area (Å²) >= 11 is 0. The van der Waals surface area contributed by atoms with Crippen molar-refractivity contribution in [3.63, 3.8) is 0 Å². The fraction of sp³-hybridized carbons (Fsp3) is 0.583. The average Bonchev–Trinajstić information content (AvgIpc) is 2.27. The Balaban J connectivity index is 2.93. The van der Waals surface area contributed by atoms with Crippen molar-refractivity contribution in [2.75, 3.05) is 37.8 Å². The van der Waals surface area contributed by atoms with Crippen molar-refractivity contribution in [3.8, 4) is 0 Å². The average molecular weight is 267 g/mol. The molecule has 7 heteroatoms. The van der Waals surface area contributed by atoms with Crippen molar-refractivity contribution >= 4 is 17.3 Å². The first-order valence-corrected chi connectivity index (χ1v) is 6.24. The molecular formula is C12H21N5O2. The van der Waals surface area contributed by atoms with Gasteiger partial charge in [0.25, 0.3) is 0 Å². The summed E-state index contributed by atoms with van der Waals surface area (Å²) in [6.45, 7) is 5.40. The number of pyridine rings is 1. The minimum absolute atomic E-state index is 0.00717. The van der Waals surface area contributed by atoms with Crippen molar-refractivity contribution in [3.05, 3.63) is 22.2 Å². The molecule has 1 aromatic rings. The minimum atomic E-state index is -0.423. The number of aromatic nitrogens is 1. The fourth-order valence-corrected chi connectivity index (χ4v) is 1.81. The lowest BCUT2D eigenvalue weighted by Crippen LogP contribution is -2.30. The van der Waals surface area contributed by atoms with Crippen molar-refractivity contribution in [2.45, 2.75) is 19.9 Å². The van der Waals surface area contributed by atoms with E-state index in [4.69, 9.17) is 0 Å². The highest BCUT2D eigenvalue weighted by atomic mass is 16.6. The first-order chi connectivity index (χ1) is 8.93. The molecule has 1 heterocycles. The molecule has 0 amide bonds. The zero-order chi connectivity index (χ0) is 14.4. The van der Waals surface area contributed by atoms with E-state index in [2.05, 4.69) is 15.6 Å². The van der Waals surface area contributed by atoms with Crippen LogP contribution in [-0.4, -0.2) is 48.0 Å². The van der Waals surface area contributed by atoms with Crippen molar-refractivity contribution < 1.29 is 4.92 Å². The Bertz CT molecular complexity index is 436. The molecule has 0 aromatic carbocycles. The maximum Gasteiger partial charge on any atom is 0.311 e. The van der Waals surface area contributed by atoms with Crippen LogP contribution in [0.15, 0.2) is 12.1 Å². The predicted octanol–water partition coefficient (Wildman–Crippen LogP) is 1.78. The number of rotatable bonds is 7. The topological polar surface area (TPSA) is 83.3 Å². The van der Waals surface area contributed by atoms with Crippen molar-refractivity contribution in [2.24, 2.45) is 0 Å². The van der Waals surface area contributed by atoms with Gasteiger partial charge in [-0.1, -0.05) is 0 Å². The SMILES string of the molecule is CCNc1ccc([N+](=O)[O-])c(NC(C)CN(C)C)n1. The van der Waals surface area contributed by atoms with Gasteiger partial charge in [-0.15, -0.1) is 0 Å². The molecule has 0 spiro atoms. The molecule has 0 saturated heterocycles. The quantitative estimate of drug-likeness (QED) is 0.579. The van der Waals surface area contributed by atoms with Crippen LogP contribution in [0.5, 0.6) is 0 Å². The highest BCUT2D eigenvalue weighted by Crippen LogP contribution is 2.24. The summed E-state index contributed by atoms with van der Waals surface area (Å²) in [7, 11) is 3.91. The standard InChI is InChI=1S/C12H21N5O2/c1-5-13-11-7-6-10(17(18)19)12(15-11)14-9(2)8-16(3)4/h6-7,9H,5,8H2,1-4H3,(H2,13,14,15). The van der Waals surface area contributed by atoms with Gasteiger partial charge in [0, 0.05) is 25.2 Å². The number of nitro groups is 1. The van der Waals surface area contributed by atoms with E-state index in [0.29, 0.717) is 11.6 Å². The predicted molar refractivity (Wildman–Crippen MR) is 76.7 cm³/mol. The van der Waals surface area contributed by atoms with Gasteiger partial charge < -0.3 is 15.5 Å². The van der Waals surface area contributed by atoms with Gasteiger partial charge >= 0.3 is 5.69 Å². The zero-order valence-electron chi connectivity index (χ0n) is 11.8. The van der Waals surface area contributed by atoms with E-state index in [9.17, 15) is 10.1 Å². The number of hydrogen-bond donors (Lipinski definition) is 2. The second-order valence-electron chi connectivity index (χ2n) is 4.66. The second kappa shape index (κ2) is 6.89. The molecule has 106 valence electrons. The molecule has 2 N–H and O–H groups in total. The van der Waals surface area contributed by atoms with E-state index in [1.54, 1.807) is 6.07 Å². The Hall–Kier alpha value is -1.89. The fourth-order valence-electron chi connectivity index (χ4n) is 1.81. The molecule has 0 saturated carbocycles. The van der Waals surface area contributed by atoms with Crippen LogP contribution in [0.3, 0.4) is 0 Å². The van der Waals surface area contributed by atoms with E-state index in [0.717, 1.165) is 13.1 Å². The van der Waals surface area contributed by atoms with Gasteiger partial charge in [-0.25, -0.2) is 4.98 Å². The van der Waals surface area contributed by atoms with E-state index >= 15 is 0 Å². The van der Waals surface area contributed by atoms with Crippen LogP contribution < -0.4 is 10.6 Å². The third-order valence-corrected chi connectivity index (χ3v) is 2.45. The van der Waals surface area contributed by atoms with Crippen molar-refractivity contribution in [1.29, 1.82) is 0 Å². The van der Waals surface area contributed by atoms with E-state index in [1.165, 1.54) is 6.07 Å². The zero-order valence-corrected chi connectivity index (χ0v) is 11.8. The van der Waals surface area contributed by atoms with Gasteiger partial charge in [-0.3, -0.25) is 10.1 Å². The molecule has 0 aliphatic carbocycles. The number of hydrogen-bond acceptors (Lipinski definition) is 6. The molecule has 0 aliphatic heterocycles. The monoisotopic (exact) mass is 267 g/mol. The Morgan fingerprint density at radius 2 is 2.16 bits per heavy atom. The number of likely N-dealkylation sites (N-methyl/N-ethyl adjacent to an activating group) is 1. The number of anilines is 2. The maximum atomic E-state index is 11.0. The Labute approximate surface area is 113 Å². The Morgan fingerprint density at radius 3 is 2.68 bits per heavy atom. The summed E-state index contributed by atoms with van der Waals surface area (Å²) in [5.41, 5.74) is -0.00717.